The molecule has 0 bridgehead atoms. The van der Waals surface area contributed by atoms with Gasteiger partial charge in [-0.2, -0.15) is 0 Å². The number of thiophene rings is 1. The van der Waals surface area contributed by atoms with Gasteiger partial charge in [0.2, 0.25) is 0 Å². The van der Waals surface area contributed by atoms with Gasteiger partial charge in [-0.05, 0) is 13.0 Å². The van der Waals surface area contributed by atoms with Crippen LogP contribution in [0.4, 0.5) is 0 Å². The fourth-order valence-corrected chi connectivity index (χ4v) is 2.30. The molecule has 4 nitrogen and oxygen atoms in total. The summed E-state index contributed by atoms with van der Waals surface area (Å²) in [7, 11) is 0. The number of ether oxygens (including phenoxy) is 2. The maximum atomic E-state index is 10.9. The molecule has 0 amide bonds. The topological polar surface area (TPSA) is 55.8 Å². The van der Waals surface area contributed by atoms with Crippen LogP contribution < -0.4 is 4.74 Å². The molecule has 0 aliphatic carbocycles. The molecule has 1 N–H and O–H groups in total. The van der Waals surface area contributed by atoms with Crippen molar-refractivity contribution >= 4 is 17.3 Å². The van der Waals surface area contributed by atoms with E-state index in [4.69, 9.17) is 14.6 Å². The molecule has 0 aromatic carbocycles. The van der Waals surface area contributed by atoms with Crippen molar-refractivity contribution < 1.29 is 19.4 Å². The average Bonchev–Trinajstić information content (AvgIpc) is 2.75. The van der Waals surface area contributed by atoms with Crippen molar-refractivity contribution in [3.05, 3.63) is 15.8 Å². The van der Waals surface area contributed by atoms with Crippen LogP contribution in [0.25, 0.3) is 0 Å². The number of rotatable bonds is 3. The molecule has 82 valence electrons. The van der Waals surface area contributed by atoms with Gasteiger partial charge < -0.3 is 14.6 Å². The summed E-state index contributed by atoms with van der Waals surface area (Å²) in [5.41, 5.74) is 0. The highest BCUT2D eigenvalue weighted by molar-refractivity contribution is 7.14. The summed E-state index contributed by atoms with van der Waals surface area (Å²) in [5.74, 6) is -0.456. The number of carboxylic acids is 1. The van der Waals surface area contributed by atoms with Crippen molar-refractivity contribution in [2.75, 3.05) is 13.2 Å². The lowest BCUT2D eigenvalue weighted by Crippen LogP contribution is -2.16. The van der Waals surface area contributed by atoms with Crippen molar-refractivity contribution in [2.45, 2.75) is 19.4 Å². The first-order valence-corrected chi connectivity index (χ1v) is 5.56. The van der Waals surface area contributed by atoms with Gasteiger partial charge in [0.05, 0.1) is 13.2 Å². The second kappa shape index (κ2) is 4.20. The molecule has 15 heavy (non-hydrogen) atoms. The number of carboxylic acid groups (broad SMARTS) is 1. The molecule has 2 rings (SSSR count). The van der Waals surface area contributed by atoms with Crippen LogP contribution >= 0.6 is 11.3 Å². The van der Waals surface area contributed by atoms with Crippen molar-refractivity contribution in [3.8, 4) is 5.75 Å². The van der Waals surface area contributed by atoms with E-state index < -0.39 is 5.97 Å². The first-order valence-electron chi connectivity index (χ1n) is 4.75. The average molecular weight is 228 g/mol. The smallest absolute Gasteiger partial charge is 0.349 e. The van der Waals surface area contributed by atoms with E-state index in [1.54, 1.807) is 6.07 Å². The van der Waals surface area contributed by atoms with Crippen molar-refractivity contribution in [3.63, 3.8) is 0 Å². The molecule has 1 atom stereocenters. The molecule has 1 aliphatic heterocycles. The Morgan fingerprint density at radius 3 is 3.13 bits per heavy atom. The third-order valence-electron chi connectivity index (χ3n) is 2.20. The van der Waals surface area contributed by atoms with Gasteiger partial charge in [0.1, 0.15) is 11.9 Å². The monoisotopic (exact) mass is 228 g/mol. The summed E-state index contributed by atoms with van der Waals surface area (Å²) < 4.78 is 10.8. The lowest BCUT2D eigenvalue weighted by molar-refractivity contribution is 0.0693. The van der Waals surface area contributed by atoms with Crippen LogP contribution in [0.5, 0.6) is 5.75 Å². The second-order valence-electron chi connectivity index (χ2n) is 3.46. The predicted octanol–water partition coefficient (Wildman–Crippen LogP) is 1.92. The van der Waals surface area contributed by atoms with Gasteiger partial charge in [0.25, 0.3) is 0 Å². The third kappa shape index (κ3) is 2.30. The fourth-order valence-electron chi connectivity index (χ4n) is 1.51. The zero-order chi connectivity index (χ0) is 10.8. The molecule has 0 saturated carbocycles. The third-order valence-corrected chi connectivity index (χ3v) is 3.22. The van der Waals surface area contributed by atoms with Crippen LogP contribution in [-0.4, -0.2) is 30.4 Å². The van der Waals surface area contributed by atoms with E-state index >= 15 is 0 Å². The Balaban J connectivity index is 2.15. The lowest BCUT2D eigenvalue weighted by Gasteiger charge is -2.10. The van der Waals surface area contributed by atoms with Crippen LogP contribution in [0.1, 0.15) is 21.0 Å². The molecule has 1 aromatic rings. The summed E-state index contributed by atoms with van der Waals surface area (Å²) in [5, 5.41) is 8.95. The second-order valence-corrected chi connectivity index (χ2v) is 4.72. The standard InChI is InChI=1S/C10H12O4S/c1-6-4-8(9(15-6)10(11)12)14-7-2-3-13-5-7/h4,7H,2-3,5H2,1H3,(H,11,12). The summed E-state index contributed by atoms with van der Waals surface area (Å²) in [6, 6.07) is 1.77. The largest absolute Gasteiger partial charge is 0.486 e. The van der Waals surface area contributed by atoms with Crippen LogP contribution in [0.2, 0.25) is 0 Å². The molecule has 1 aromatic heterocycles. The van der Waals surface area contributed by atoms with Crippen molar-refractivity contribution in [1.29, 1.82) is 0 Å². The molecule has 0 spiro atoms. The molecule has 1 saturated heterocycles. The van der Waals surface area contributed by atoms with Gasteiger partial charge in [-0.3, -0.25) is 0 Å². The van der Waals surface area contributed by atoms with Crippen LogP contribution in [0.15, 0.2) is 6.07 Å². The Kier molecular flexibility index (Phi) is 2.93. The van der Waals surface area contributed by atoms with Crippen molar-refractivity contribution in [2.24, 2.45) is 0 Å². The molecular weight excluding hydrogens is 216 g/mol. The zero-order valence-electron chi connectivity index (χ0n) is 8.36. The first kappa shape index (κ1) is 10.4. The number of carbonyl (C=O) groups is 1. The van der Waals surface area contributed by atoms with Gasteiger partial charge in [-0.25, -0.2) is 4.79 Å². The minimum Gasteiger partial charge on any atom is -0.486 e. The van der Waals surface area contributed by atoms with Gasteiger partial charge in [0, 0.05) is 11.3 Å². The molecule has 1 unspecified atom stereocenters. The molecule has 1 aliphatic rings. The molecule has 5 heteroatoms. The summed E-state index contributed by atoms with van der Waals surface area (Å²) in [6.45, 7) is 3.11. The van der Waals surface area contributed by atoms with E-state index in [1.807, 2.05) is 6.92 Å². The minimum atomic E-state index is -0.929. The molecule has 0 radical (unpaired) electrons. The summed E-state index contributed by atoms with van der Waals surface area (Å²) in [6.07, 6.45) is 0.825. The lowest BCUT2D eigenvalue weighted by atomic mass is 10.3. The molecule has 1 fully saturated rings. The van der Waals surface area contributed by atoms with E-state index in [-0.39, 0.29) is 11.0 Å². The quantitative estimate of drug-likeness (QED) is 0.858. The fraction of sp³-hybridized carbons (Fsp3) is 0.500. The molecule has 2 heterocycles. The maximum Gasteiger partial charge on any atom is 0.349 e. The maximum absolute atomic E-state index is 10.9. The van der Waals surface area contributed by atoms with Gasteiger partial charge in [-0.15, -0.1) is 11.3 Å². The van der Waals surface area contributed by atoms with Crippen LogP contribution in [-0.2, 0) is 4.74 Å². The normalized spacial score (nSPS) is 20.5. The zero-order valence-corrected chi connectivity index (χ0v) is 9.17. The number of aryl methyl sites for hydroxylation is 1. The summed E-state index contributed by atoms with van der Waals surface area (Å²) >= 11 is 1.24. The Morgan fingerprint density at radius 1 is 1.73 bits per heavy atom. The highest BCUT2D eigenvalue weighted by Gasteiger charge is 2.22. The van der Waals surface area contributed by atoms with E-state index in [2.05, 4.69) is 0 Å². The van der Waals surface area contributed by atoms with E-state index in [9.17, 15) is 4.79 Å². The highest BCUT2D eigenvalue weighted by atomic mass is 32.1. The van der Waals surface area contributed by atoms with Gasteiger partial charge in [-0.1, -0.05) is 0 Å². The van der Waals surface area contributed by atoms with Crippen LogP contribution in [0.3, 0.4) is 0 Å². The van der Waals surface area contributed by atoms with E-state index in [0.29, 0.717) is 19.0 Å². The highest BCUT2D eigenvalue weighted by Crippen LogP contribution is 2.30. The number of hydrogen-bond acceptors (Lipinski definition) is 4. The minimum absolute atomic E-state index is 0.00269. The number of aromatic carboxylic acids is 1. The Morgan fingerprint density at radius 2 is 2.53 bits per heavy atom. The summed E-state index contributed by atoms with van der Waals surface area (Å²) in [4.78, 5) is 12.1. The van der Waals surface area contributed by atoms with E-state index in [1.165, 1.54) is 11.3 Å². The Bertz CT molecular complexity index is 365. The van der Waals surface area contributed by atoms with E-state index in [0.717, 1.165) is 11.3 Å². The van der Waals surface area contributed by atoms with Crippen LogP contribution in [0, 0.1) is 6.92 Å². The molecular formula is C10H12O4S. The Labute approximate surface area is 91.4 Å². The number of hydrogen-bond donors (Lipinski definition) is 1. The Hall–Kier alpha value is -1.07. The van der Waals surface area contributed by atoms with Gasteiger partial charge in [0.15, 0.2) is 4.88 Å². The predicted molar refractivity (Wildman–Crippen MR) is 55.9 cm³/mol. The SMILES string of the molecule is Cc1cc(OC2CCOC2)c(C(=O)O)s1. The first-order chi connectivity index (χ1) is 7.16. The van der Waals surface area contributed by atoms with Crippen molar-refractivity contribution in [1.82, 2.24) is 0 Å². The van der Waals surface area contributed by atoms with Gasteiger partial charge >= 0.3 is 5.97 Å².